The number of benzene rings is 1. The van der Waals surface area contributed by atoms with Crippen molar-refractivity contribution < 1.29 is 14.3 Å². The van der Waals surface area contributed by atoms with Crippen LogP contribution in [0, 0.1) is 0 Å². The summed E-state index contributed by atoms with van der Waals surface area (Å²) in [7, 11) is 1.52. The Hall–Kier alpha value is -1.82. The molecule has 0 heterocycles. The molecular weight excluding hydrogens is 288 g/mol. The molecule has 5 nitrogen and oxygen atoms in total. The lowest BCUT2D eigenvalue weighted by atomic mass is 10.2. The molecular formula is C15H22N2O3S. The van der Waals surface area contributed by atoms with E-state index >= 15 is 0 Å². The summed E-state index contributed by atoms with van der Waals surface area (Å²) in [6, 6.07) is 5.26. The maximum Gasteiger partial charge on any atom is 0.258 e. The molecule has 1 amide bonds. The molecule has 0 aliphatic carbocycles. The van der Waals surface area contributed by atoms with Crippen LogP contribution in [-0.2, 0) is 4.79 Å². The Bertz CT molecular complexity index is 506. The molecule has 1 atom stereocenters. The van der Waals surface area contributed by atoms with Crippen LogP contribution in [0.4, 0.5) is 0 Å². The highest BCUT2D eigenvalue weighted by molar-refractivity contribution is 7.80. The number of amides is 1. The summed E-state index contributed by atoms with van der Waals surface area (Å²) in [5.74, 6) is 0.821. The van der Waals surface area contributed by atoms with E-state index in [0.29, 0.717) is 17.1 Å². The first kappa shape index (κ1) is 17.2. The van der Waals surface area contributed by atoms with Gasteiger partial charge in [-0.3, -0.25) is 4.79 Å². The number of rotatable bonds is 8. The molecule has 0 radical (unpaired) electrons. The summed E-state index contributed by atoms with van der Waals surface area (Å²) >= 11 is 4.91. The number of hydrogen-bond donors (Lipinski definition) is 2. The van der Waals surface area contributed by atoms with E-state index in [4.69, 9.17) is 27.4 Å². The number of hydrogen-bond acceptors (Lipinski definition) is 4. The lowest BCUT2D eigenvalue weighted by molar-refractivity contribution is -0.123. The number of carbonyl (C=O) groups excluding carboxylic acids is 1. The van der Waals surface area contributed by atoms with Crippen molar-refractivity contribution >= 4 is 23.1 Å². The Kier molecular flexibility index (Phi) is 6.94. The molecule has 1 rings (SSSR count). The predicted octanol–water partition coefficient (Wildman–Crippen LogP) is 2.01. The standard InChI is InChI=1S/C15H22N2O3S/c1-4-5-10(2)17-14(18)9-20-12-7-6-11(15(16)21)8-13(12)19-3/h6-8,10H,4-5,9H2,1-3H3,(H2,16,21)(H,17,18). The van der Waals surface area contributed by atoms with E-state index in [0.717, 1.165) is 12.8 Å². The lowest BCUT2D eigenvalue weighted by Crippen LogP contribution is -2.35. The van der Waals surface area contributed by atoms with Crippen LogP contribution in [0.1, 0.15) is 32.3 Å². The Morgan fingerprint density at radius 3 is 2.71 bits per heavy atom. The number of carbonyl (C=O) groups is 1. The van der Waals surface area contributed by atoms with Crippen LogP contribution in [-0.4, -0.2) is 30.7 Å². The molecule has 0 fully saturated rings. The van der Waals surface area contributed by atoms with Gasteiger partial charge in [0.2, 0.25) is 0 Å². The van der Waals surface area contributed by atoms with Gasteiger partial charge in [0.1, 0.15) is 4.99 Å². The van der Waals surface area contributed by atoms with Crippen molar-refractivity contribution in [2.24, 2.45) is 5.73 Å². The Morgan fingerprint density at radius 1 is 1.43 bits per heavy atom. The highest BCUT2D eigenvalue weighted by atomic mass is 32.1. The molecule has 3 N–H and O–H groups in total. The molecule has 0 saturated heterocycles. The fourth-order valence-corrected chi connectivity index (χ4v) is 2.03. The highest BCUT2D eigenvalue weighted by Gasteiger charge is 2.11. The van der Waals surface area contributed by atoms with Gasteiger partial charge in [0.05, 0.1) is 7.11 Å². The smallest absolute Gasteiger partial charge is 0.258 e. The second-order valence-electron chi connectivity index (χ2n) is 4.78. The number of methoxy groups -OCH3 is 1. The van der Waals surface area contributed by atoms with E-state index in [1.807, 2.05) is 6.92 Å². The monoisotopic (exact) mass is 310 g/mol. The van der Waals surface area contributed by atoms with Crippen molar-refractivity contribution in [2.75, 3.05) is 13.7 Å². The summed E-state index contributed by atoms with van der Waals surface area (Å²) < 4.78 is 10.7. The number of ether oxygens (including phenoxy) is 2. The summed E-state index contributed by atoms with van der Waals surface area (Å²) in [5, 5.41) is 2.87. The molecule has 1 aromatic rings. The SMILES string of the molecule is CCCC(C)NC(=O)COc1ccc(C(N)=S)cc1OC. The zero-order valence-corrected chi connectivity index (χ0v) is 13.5. The molecule has 0 aliphatic rings. The highest BCUT2D eigenvalue weighted by Crippen LogP contribution is 2.27. The average Bonchev–Trinajstić information content (AvgIpc) is 2.44. The van der Waals surface area contributed by atoms with Gasteiger partial charge in [-0.25, -0.2) is 0 Å². The maximum atomic E-state index is 11.8. The summed E-state index contributed by atoms with van der Waals surface area (Å²) in [6.45, 7) is 3.99. The molecule has 0 spiro atoms. The molecule has 0 saturated carbocycles. The Balaban J connectivity index is 2.62. The third-order valence-electron chi connectivity index (χ3n) is 2.94. The Morgan fingerprint density at radius 2 is 2.14 bits per heavy atom. The van der Waals surface area contributed by atoms with Gasteiger partial charge in [0, 0.05) is 11.6 Å². The van der Waals surface area contributed by atoms with Gasteiger partial charge in [-0.15, -0.1) is 0 Å². The van der Waals surface area contributed by atoms with E-state index in [-0.39, 0.29) is 23.5 Å². The fraction of sp³-hybridized carbons (Fsp3) is 0.467. The second kappa shape index (κ2) is 8.46. The van der Waals surface area contributed by atoms with Crippen LogP contribution in [0.2, 0.25) is 0 Å². The molecule has 1 aromatic carbocycles. The van der Waals surface area contributed by atoms with Crippen LogP contribution in [0.25, 0.3) is 0 Å². The van der Waals surface area contributed by atoms with E-state index in [1.54, 1.807) is 18.2 Å². The minimum atomic E-state index is -0.156. The summed E-state index contributed by atoms with van der Waals surface area (Å²) in [5.41, 5.74) is 6.25. The minimum Gasteiger partial charge on any atom is -0.493 e. The first-order valence-electron chi connectivity index (χ1n) is 6.88. The maximum absolute atomic E-state index is 11.8. The largest absolute Gasteiger partial charge is 0.493 e. The zero-order chi connectivity index (χ0) is 15.8. The first-order chi connectivity index (χ1) is 9.97. The normalized spacial score (nSPS) is 11.6. The van der Waals surface area contributed by atoms with Gasteiger partial charge in [0.25, 0.3) is 5.91 Å². The van der Waals surface area contributed by atoms with Gasteiger partial charge in [-0.2, -0.15) is 0 Å². The fourth-order valence-electron chi connectivity index (χ4n) is 1.91. The van der Waals surface area contributed by atoms with Gasteiger partial charge < -0.3 is 20.5 Å². The van der Waals surface area contributed by atoms with Crippen molar-refractivity contribution in [3.63, 3.8) is 0 Å². The molecule has 6 heteroatoms. The molecule has 1 unspecified atom stereocenters. The van der Waals surface area contributed by atoms with Crippen molar-refractivity contribution in [1.82, 2.24) is 5.32 Å². The summed E-state index contributed by atoms with van der Waals surface area (Å²) in [4.78, 5) is 12.0. The zero-order valence-electron chi connectivity index (χ0n) is 12.6. The van der Waals surface area contributed by atoms with Gasteiger partial charge in [-0.05, 0) is 31.5 Å². The first-order valence-corrected chi connectivity index (χ1v) is 7.28. The van der Waals surface area contributed by atoms with Gasteiger partial charge >= 0.3 is 0 Å². The van der Waals surface area contributed by atoms with Crippen molar-refractivity contribution in [2.45, 2.75) is 32.7 Å². The van der Waals surface area contributed by atoms with Crippen LogP contribution >= 0.6 is 12.2 Å². The third kappa shape index (κ3) is 5.59. The molecule has 0 aromatic heterocycles. The summed E-state index contributed by atoms with van der Waals surface area (Å²) in [6.07, 6.45) is 1.97. The van der Waals surface area contributed by atoms with Crippen LogP contribution < -0.4 is 20.5 Å². The van der Waals surface area contributed by atoms with E-state index in [2.05, 4.69) is 12.2 Å². The van der Waals surface area contributed by atoms with Crippen LogP contribution in [0.15, 0.2) is 18.2 Å². The average molecular weight is 310 g/mol. The number of thiocarbonyl (C=S) groups is 1. The molecule has 0 bridgehead atoms. The number of nitrogens with one attached hydrogen (secondary N) is 1. The predicted molar refractivity (Wildman–Crippen MR) is 86.9 cm³/mol. The van der Waals surface area contributed by atoms with Crippen LogP contribution in [0.3, 0.4) is 0 Å². The Labute approximate surface area is 130 Å². The minimum absolute atomic E-state index is 0.0587. The number of nitrogens with two attached hydrogens (primary N) is 1. The van der Waals surface area contributed by atoms with E-state index in [9.17, 15) is 4.79 Å². The third-order valence-corrected chi connectivity index (χ3v) is 3.17. The van der Waals surface area contributed by atoms with E-state index in [1.165, 1.54) is 7.11 Å². The topological polar surface area (TPSA) is 73.6 Å². The van der Waals surface area contributed by atoms with Gasteiger partial charge in [-0.1, -0.05) is 25.6 Å². The lowest BCUT2D eigenvalue weighted by Gasteiger charge is -2.14. The van der Waals surface area contributed by atoms with Crippen LogP contribution in [0.5, 0.6) is 11.5 Å². The molecule has 21 heavy (non-hydrogen) atoms. The van der Waals surface area contributed by atoms with E-state index < -0.39 is 0 Å². The molecule has 116 valence electrons. The second-order valence-corrected chi connectivity index (χ2v) is 5.22. The van der Waals surface area contributed by atoms with Crippen molar-refractivity contribution in [1.29, 1.82) is 0 Å². The quantitative estimate of drug-likeness (QED) is 0.719. The van der Waals surface area contributed by atoms with Crippen molar-refractivity contribution in [3.05, 3.63) is 23.8 Å². The molecule has 0 aliphatic heterocycles. The van der Waals surface area contributed by atoms with Gasteiger partial charge in [0.15, 0.2) is 18.1 Å². The van der Waals surface area contributed by atoms with Crippen molar-refractivity contribution in [3.8, 4) is 11.5 Å².